The fourth-order valence-electron chi connectivity index (χ4n) is 1.31. The maximum atomic E-state index is 10.6. The lowest BCUT2D eigenvalue weighted by molar-refractivity contribution is -0.144. The number of aliphatic hydroxyl groups excluding tert-OH is 1. The topological polar surface area (TPSA) is 66.8 Å². The van der Waals surface area contributed by atoms with E-state index in [9.17, 15) is 9.90 Å². The summed E-state index contributed by atoms with van der Waals surface area (Å²) in [6, 6.07) is 5.19. The van der Waals surface area contributed by atoms with Crippen molar-refractivity contribution >= 4 is 5.97 Å². The van der Waals surface area contributed by atoms with Crippen LogP contribution in [0.1, 0.15) is 31.1 Å². The van der Waals surface area contributed by atoms with Gasteiger partial charge in [-0.05, 0) is 44.0 Å². The van der Waals surface area contributed by atoms with Crippen LogP contribution in [0.5, 0.6) is 5.75 Å². The number of hydrogen-bond acceptors (Lipinski definition) is 3. The highest BCUT2D eigenvalue weighted by Gasteiger charge is 2.14. The Kier molecular flexibility index (Phi) is 3.90. The molecule has 0 amide bonds. The molecular formula is C12H16O4. The van der Waals surface area contributed by atoms with E-state index in [1.165, 1.54) is 6.92 Å². The van der Waals surface area contributed by atoms with E-state index in [0.29, 0.717) is 5.75 Å². The predicted octanol–water partition coefficient (Wildman–Crippen LogP) is 1.90. The Morgan fingerprint density at radius 1 is 1.38 bits per heavy atom. The summed E-state index contributed by atoms with van der Waals surface area (Å²) in [6.45, 7) is 4.97. The molecule has 2 N–H and O–H groups in total. The average Bonchev–Trinajstić information content (AvgIpc) is 2.20. The van der Waals surface area contributed by atoms with Crippen molar-refractivity contribution in [2.24, 2.45) is 0 Å². The largest absolute Gasteiger partial charge is 0.479 e. The molecule has 0 aliphatic carbocycles. The van der Waals surface area contributed by atoms with Crippen LogP contribution in [0.2, 0.25) is 0 Å². The number of rotatable bonds is 4. The summed E-state index contributed by atoms with van der Waals surface area (Å²) < 4.78 is 5.26. The Morgan fingerprint density at radius 3 is 2.44 bits per heavy atom. The van der Waals surface area contributed by atoms with Crippen LogP contribution in [0.25, 0.3) is 0 Å². The summed E-state index contributed by atoms with van der Waals surface area (Å²) in [7, 11) is 0. The lowest BCUT2D eigenvalue weighted by Crippen LogP contribution is -2.23. The van der Waals surface area contributed by atoms with Gasteiger partial charge >= 0.3 is 5.97 Å². The molecule has 2 atom stereocenters. The van der Waals surface area contributed by atoms with Crippen molar-refractivity contribution in [2.45, 2.75) is 33.0 Å². The molecule has 4 heteroatoms. The highest BCUT2D eigenvalue weighted by Crippen LogP contribution is 2.23. The molecule has 0 aliphatic heterocycles. The van der Waals surface area contributed by atoms with E-state index in [2.05, 4.69) is 0 Å². The number of carboxylic acids is 1. The van der Waals surface area contributed by atoms with Crippen molar-refractivity contribution in [3.05, 3.63) is 29.3 Å². The number of carbonyl (C=O) groups is 1. The molecule has 0 fully saturated rings. The van der Waals surface area contributed by atoms with Gasteiger partial charge in [0.05, 0.1) is 6.10 Å². The standard InChI is InChI=1S/C12H16O4/c1-7-6-10(8(2)13)4-5-11(7)16-9(3)12(14)15/h4-6,8-9,13H,1-3H3,(H,14,15). The molecule has 0 bridgehead atoms. The van der Waals surface area contributed by atoms with E-state index in [0.717, 1.165) is 11.1 Å². The average molecular weight is 224 g/mol. The number of carboxylic acid groups (broad SMARTS) is 1. The molecule has 2 unspecified atom stereocenters. The third kappa shape index (κ3) is 2.97. The Bertz CT molecular complexity index is 385. The fourth-order valence-corrected chi connectivity index (χ4v) is 1.31. The summed E-state index contributed by atoms with van der Waals surface area (Å²) in [5.74, 6) is -0.474. The van der Waals surface area contributed by atoms with E-state index in [-0.39, 0.29) is 0 Å². The number of aliphatic carboxylic acids is 1. The fraction of sp³-hybridized carbons (Fsp3) is 0.417. The number of hydrogen-bond donors (Lipinski definition) is 2. The maximum Gasteiger partial charge on any atom is 0.344 e. The summed E-state index contributed by atoms with van der Waals surface area (Å²) in [6.07, 6.45) is -1.42. The summed E-state index contributed by atoms with van der Waals surface area (Å²) >= 11 is 0. The van der Waals surface area contributed by atoms with E-state index in [4.69, 9.17) is 9.84 Å². The molecule has 0 saturated heterocycles. The minimum Gasteiger partial charge on any atom is -0.479 e. The molecule has 0 radical (unpaired) electrons. The first kappa shape index (κ1) is 12.5. The number of aryl methyl sites for hydroxylation is 1. The Morgan fingerprint density at radius 2 is 2.00 bits per heavy atom. The zero-order chi connectivity index (χ0) is 12.3. The summed E-state index contributed by atoms with van der Waals surface area (Å²) in [5.41, 5.74) is 1.60. The molecular weight excluding hydrogens is 208 g/mol. The van der Waals surface area contributed by atoms with Crippen molar-refractivity contribution in [1.82, 2.24) is 0 Å². The second-order valence-corrected chi connectivity index (χ2v) is 3.80. The monoisotopic (exact) mass is 224 g/mol. The minimum absolute atomic E-state index is 0.527. The van der Waals surface area contributed by atoms with Crippen LogP contribution in [0.3, 0.4) is 0 Å². The number of benzene rings is 1. The Hall–Kier alpha value is -1.55. The zero-order valence-corrected chi connectivity index (χ0v) is 9.60. The molecule has 16 heavy (non-hydrogen) atoms. The van der Waals surface area contributed by atoms with Crippen LogP contribution in [-0.4, -0.2) is 22.3 Å². The van der Waals surface area contributed by atoms with E-state index >= 15 is 0 Å². The van der Waals surface area contributed by atoms with Crippen LogP contribution in [-0.2, 0) is 4.79 Å². The predicted molar refractivity (Wildman–Crippen MR) is 59.5 cm³/mol. The molecule has 0 spiro atoms. The molecule has 0 aliphatic rings. The molecule has 0 heterocycles. The minimum atomic E-state index is -1.00. The second kappa shape index (κ2) is 4.99. The molecule has 1 rings (SSSR count). The zero-order valence-electron chi connectivity index (χ0n) is 9.60. The van der Waals surface area contributed by atoms with Crippen molar-refractivity contribution in [1.29, 1.82) is 0 Å². The van der Waals surface area contributed by atoms with Gasteiger partial charge in [0.2, 0.25) is 0 Å². The molecule has 0 saturated carbocycles. The second-order valence-electron chi connectivity index (χ2n) is 3.80. The van der Waals surface area contributed by atoms with Gasteiger partial charge in [-0.2, -0.15) is 0 Å². The first-order valence-electron chi connectivity index (χ1n) is 5.10. The van der Waals surface area contributed by atoms with Crippen LogP contribution in [0.15, 0.2) is 18.2 Å². The van der Waals surface area contributed by atoms with Crippen molar-refractivity contribution < 1.29 is 19.7 Å². The van der Waals surface area contributed by atoms with Gasteiger partial charge in [0, 0.05) is 0 Å². The number of aliphatic hydroxyl groups is 1. The molecule has 88 valence electrons. The normalized spacial score (nSPS) is 14.2. The van der Waals surface area contributed by atoms with Crippen molar-refractivity contribution in [3.8, 4) is 5.75 Å². The van der Waals surface area contributed by atoms with E-state index < -0.39 is 18.2 Å². The summed E-state index contributed by atoms with van der Waals surface area (Å²) in [5, 5.41) is 18.1. The Labute approximate surface area is 94.5 Å². The first-order chi connectivity index (χ1) is 7.41. The van der Waals surface area contributed by atoms with Gasteiger partial charge in [-0.3, -0.25) is 0 Å². The quantitative estimate of drug-likeness (QED) is 0.819. The third-order valence-corrected chi connectivity index (χ3v) is 2.33. The molecule has 1 aromatic carbocycles. The smallest absolute Gasteiger partial charge is 0.344 e. The van der Waals surface area contributed by atoms with Crippen LogP contribution >= 0.6 is 0 Å². The van der Waals surface area contributed by atoms with Gasteiger partial charge in [0.15, 0.2) is 6.10 Å². The highest BCUT2D eigenvalue weighted by atomic mass is 16.5. The van der Waals surface area contributed by atoms with Crippen LogP contribution in [0, 0.1) is 6.92 Å². The Balaban J connectivity index is 2.87. The lowest BCUT2D eigenvalue weighted by atomic mass is 10.1. The maximum absolute atomic E-state index is 10.6. The van der Waals surface area contributed by atoms with Gasteiger partial charge in [0.25, 0.3) is 0 Å². The number of ether oxygens (including phenoxy) is 1. The highest BCUT2D eigenvalue weighted by molar-refractivity contribution is 5.72. The van der Waals surface area contributed by atoms with Crippen LogP contribution in [0.4, 0.5) is 0 Å². The van der Waals surface area contributed by atoms with Crippen LogP contribution < -0.4 is 4.74 Å². The van der Waals surface area contributed by atoms with Crippen molar-refractivity contribution in [2.75, 3.05) is 0 Å². The van der Waals surface area contributed by atoms with Gasteiger partial charge in [-0.15, -0.1) is 0 Å². The summed E-state index contributed by atoms with van der Waals surface area (Å²) in [4.78, 5) is 10.6. The third-order valence-electron chi connectivity index (χ3n) is 2.33. The SMILES string of the molecule is Cc1cc(C(C)O)ccc1OC(C)C(=O)O. The van der Waals surface area contributed by atoms with Gasteiger partial charge in [-0.1, -0.05) is 6.07 Å². The van der Waals surface area contributed by atoms with E-state index in [1.54, 1.807) is 25.1 Å². The first-order valence-corrected chi connectivity index (χ1v) is 5.10. The van der Waals surface area contributed by atoms with E-state index in [1.807, 2.05) is 6.92 Å². The molecule has 1 aromatic rings. The van der Waals surface area contributed by atoms with Gasteiger partial charge < -0.3 is 14.9 Å². The molecule has 4 nitrogen and oxygen atoms in total. The van der Waals surface area contributed by atoms with Gasteiger partial charge in [-0.25, -0.2) is 4.79 Å². The molecule has 0 aromatic heterocycles. The lowest BCUT2D eigenvalue weighted by Gasteiger charge is -2.14. The van der Waals surface area contributed by atoms with Gasteiger partial charge in [0.1, 0.15) is 5.75 Å². The van der Waals surface area contributed by atoms with Crippen molar-refractivity contribution in [3.63, 3.8) is 0 Å².